The summed E-state index contributed by atoms with van der Waals surface area (Å²) in [4.78, 5) is 33.6. The molecule has 2 aromatic carbocycles. The average Bonchev–Trinajstić information content (AvgIpc) is 2.62. The van der Waals surface area contributed by atoms with Crippen LogP contribution in [0.1, 0.15) is 18.4 Å². The fourth-order valence-corrected chi connectivity index (χ4v) is 2.11. The van der Waals surface area contributed by atoms with Crippen LogP contribution in [-0.4, -0.2) is 23.0 Å². The highest BCUT2D eigenvalue weighted by molar-refractivity contribution is 6.33. The van der Waals surface area contributed by atoms with Crippen LogP contribution in [0.2, 0.25) is 5.02 Å². The van der Waals surface area contributed by atoms with E-state index in [2.05, 4.69) is 15.8 Å². The number of hydrazone groups is 1. The van der Waals surface area contributed by atoms with Crippen molar-refractivity contribution in [2.24, 2.45) is 5.10 Å². The van der Waals surface area contributed by atoms with E-state index >= 15 is 0 Å². The van der Waals surface area contributed by atoms with Crippen molar-refractivity contribution in [2.75, 3.05) is 5.32 Å². The van der Waals surface area contributed by atoms with Gasteiger partial charge in [-0.2, -0.15) is 5.10 Å². The Morgan fingerprint density at radius 3 is 2.50 bits per heavy atom. The van der Waals surface area contributed by atoms with Crippen LogP contribution >= 0.6 is 11.6 Å². The topological polar surface area (TPSA) is 114 Å². The van der Waals surface area contributed by atoms with Crippen molar-refractivity contribution in [3.8, 4) is 0 Å². The first-order valence-corrected chi connectivity index (χ1v) is 7.94. The van der Waals surface area contributed by atoms with Crippen LogP contribution in [0.15, 0.2) is 53.6 Å². The van der Waals surface area contributed by atoms with Gasteiger partial charge in [0.2, 0.25) is 11.8 Å². The van der Waals surface area contributed by atoms with E-state index in [1.807, 2.05) is 6.07 Å². The summed E-state index contributed by atoms with van der Waals surface area (Å²) >= 11 is 5.92. The number of hydrogen-bond donors (Lipinski definition) is 2. The Hall–Kier alpha value is -3.26. The molecule has 0 fully saturated rings. The van der Waals surface area contributed by atoms with E-state index in [0.29, 0.717) is 11.3 Å². The van der Waals surface area contributed by atoms with Crippen LogP contribution in [-0.2, 0) is 9.59 Å². The molecule has 8 nitrogen and oxygen atoms in total. The van der Waals surface area contributed by atoms with E-state index in [-0.39, 0.29) is 29.5 Å². The third-order valence-electron chi connectivity index (χ3n) is 3.22. The molecule has 0 aliphatic carbocycles. The second-order valence-electron chi connectivity index (χ2n) is 5.17. The monoisotopic (exact) mass is 374 g/mol. The molecule has 9 heteroatoms. The number of halogens is 1. The summed E-state index contributed by atoms with van der Waals surface area (Å²) in [6.07, 6.45) is 1.14. The smallest absolute Gasteiger partial charge is 0.270 e. The normalized spacial score (nSPS) is 10.5. The number of para-hydroxylation sites is 1. The van der Waals surface area contributed by atoms with E-state index in [4.69, 9.17) is 11.6 Å². The molecule has 2 aromatic rings. The van der Waals surface area contributed by atoms with Crippen LogP contribution in [0.5, 0.6) is 0 Å². The van der Waals surface area contributed by atoms with Crippen LogP contribution in [0.25, 0.3) is 0 Å². The van der Waals surface area contributed by atoms with Crippen molar-refractivity contribution < 1.29 is 14.5 Å². The van der Waals surface area contributed by atoms with Gasteiger partial charge in [0, 0.05) is 41.2 Å². The van der Waals surface area contributed by atoms with Gasteiger partial charge in [0.25, 0.3) is 5.69 Å². The van der Waals surface area contributed by atoms with Gasteiger partial charge in [-0.05, 0) is 18.2 Å². The molecule has 0 aliphatic rings. The molecule has 2 amide bonds. The number of amides is 2. The average molecular weight is 375 g/mol. The fourth-order valence-electron chi connectivity index (χ4n) is 1.95. The van der Waals surface area contributed by atoms with E-state index in [0.717, 1.165) is 0 Å². The third kappa shape index (κ3) is 5.99. The molecular formula is C17H15ClN4O4. The zero-order valence-corrected chi connectivity index (χ0v) is 14.3. The van der Waals surface area contributed by atoms with Crippen molar-refractivity contribution in [1.82, 2.24) is 5.43 Å². The Labute approximate surface area is 154 Å². The van der Waals surface area contributed by atoms with Crippen molar-refractivity contribution in [2.45, 2.75) is 12.8 Å². The second kappa shape index (κ2) is 9.28. The minimum atomic E-state index is -0.558. The number of nitrogens with one attached hydrogen (secondary N) is 2. The molecule has 0 atom stereocenters. The van der Waals surface area contributed by atoms with E-state index in [9.17, 15) is 19.7 Å². The first-order valence-electron chi connectivity index (χ1n) is 7.56. The Kier molecular flexibility index (Phi) is 6.81. The zero-order valence-electron chi connectivity index (χ0n) is 13.5. The van der Waals surface area contributed by atoms with E-state index in [1.54, 1.807) is 24.3 Å². The summed E-state index contributed by atoms with van der Waals surface area (Å²) in [6.45, 7) is 0. The Balaban J connectivity index is 1.81. The van der Waals surface area contributed by atoms with Gasteiger partial charge in [-0.3, -0.25) is 19.7 Å². The number of carbonyl (C=O) groups excluding carboxylic acids is 2. The lowest BCUT2D eigenvalue weighted by Gasteiger charge is -2.04. The highest BCUT2D eigenvalue weighted by Crippen LogP contribution is 2.20. The van der Waals surface area contributed by atoms with Crippen LogP contribution in [0.3, 0.4) is 0 Å². The first-order chi connectivity index (χ1) is 12.5. The van der Waals surface area contributed by atoms with Gasteiger partial charge in [0.15, 0.2) is 0 Å². The number of carbonyl (C=O) groups is 2. The predicted molar refractivity (Wildman–Crippen MR) is 98.1 cm³/mol. The molecule has 0 radical (unpaired) electrons. The molecule has 0 unspecified atom stereocenters. The van der Waals surface area contributed by atoms with E-state index < -0.39 is 10.8 Å². The Morgan fingerprint density at radius 1 is 1.12 bits per heavy atom. The maximum Gasteiger partial charge on any atom is 0.270 e. The molecule has 0 heterocycles. The molecule has 0 aliphatic heterocycles. The Bertz CT molecular complexity index is 840. The zero-order chi connectivity index (χ0) is 18.9. The standard InChI is InChI=1S/C17H15ClN4O4/c18-15-7-6-14(22(25)26)10-12(15)11-19-21-17(24)9-8-16(23)20-13-4-2-1-3-5-13/h1-7,10-11H,8-9H2,(H,20,23)(H,21,24)/b19-11-. The molecule has 0 bridgehead atoms. The summed E-state index contributed by atoms with van der Waals surface area (Å²) in [6, 6.07) is 12.8. The van der Waals surface area contributed by atoms with Gasteiger partial charge in [0.1, 0.15) is 0 Å². The largest absolute Gasteiger partial charge is 0.326 e. The molecule has 2 N–H and O–H groups in total. The fraction of sp³-hybridized carbons (Fsp3) is 0.118. The number of benzene rings is 2. The quantitative estimate of drug-likeness (QED) is 0.440. The molecule has 0 aromatic heterocycles. The lowest BCUT2D eigenvalue weighted by molar-refractivity contribution is -0.384. The third-order valence-corrected chi connectivity index (χ3v) is 3.56. The second-order valence-corrected chi connectivity index (χ2v) is 5.58. The van der Waals surface area contributed by atoms with Gasteiger partial charge >= 0.3 is 0 Å². The summed E-state index contributed by atoms with van der Waals surface area (Å²) < 4.78 is 0. The maximum atomic E-state index is 11.7. The lowest BCUT2D eigenvalue weighted by atomic mass is 10.2. The van der Waals surface area contributed by atoms with Crippen LogP contribution in [0.4, 0.5) is 11.4 Å². The van der Waals surface area contributed by atoms with Gasteiger partial charge in [-0.1, -0.05) is 29.8 Å². The highest BCUT2D eigenvalue weighted by atomic mass is 35.5. The highest BCUT2D eigenvalue weighted by Gasteiger charge is 2.09. The van der Waals surface area contributed by atoms with Gasteiger partial charge in [-0.25, -0.2) is 5.43 Å². The molecule has 0 saturated carbocycles. The molecular weight excluding hydrogens is 360 g/mol. The van der Waals surface area contributed by atoms with Crippen molar-refractivity contribution in [3.63, 3.8) is 0 Å². The number of nitro benzene ring substituents is 1. The molecule has 2 rings (SSSR count). The summed E-state index contributed by atoms with van der Waals surface area (Å²) in [5.41, 5.74) is 3.05. The van der Waals surface area contributed by atoms with Crippen molar-refractivity contribution >= 4 is 41.0 Å². The number of anilines is 1. The molecule has 0 saturated heterocycles. The molecule has 0 spiro atoms. The summed E-state index contributed by atoms with van der Waals surface area (Å²) in [7, 11) is 0. The Morgan fingerprint density at radius 2 is 1.81 bits per heavy atom. The van der Waals surface area contributed by atoms with Gasteiger partial charge < -0.3 is 5.32 Å². The molecule has 134 valence electrons. The number of non-ortho nitro benzene ring substituents is 1. The predicted octanol–water partition coefficient (Wildman–Crippen LogP) is 3.12. The first kappa shape index (κ1) is 19.1. The lowest BCUT2D eigenvalue weighted by Crippen LogP contribution is -2.20. The van der Waals surface area contributed by atoms with Crippen LogP contribution in [0, 0.1) is 10.1 Å². The van der Waals surface area contributed by atoms with Gasteiger partial charge in [0.05, 0.1) is 11.1 Å². The summed E-state index contributed by atoms with van der Waals surface area (Å²) in [5, 5.41) is 17.4. The minimum Gasteiger partial charge on any atom is -0.326 e. The van der Waals surface area contributed by atoms with Crippen molar-refractivity contribution in [1.29, 1.82) is 0 Å². The maximum absolute atomic E-state index is 11.7. The number of nitrogens with zero attached hydrogens (tertiary/aromatic N) is 2. The van der Waals surface area contributed by atoms with E-state index in [1.165, 1.54) is 24.4 Å². The van der Waals surface area contributed by atoms with Crippen LogP contribution < -0.4 is 10.7 Å². The SMILES string of the molecule is O=C(CCC(=O)Nc1ccccc1)N/N=C\c1cc([N+](=O)[O-])ccc1Cl. The summed E-state index contributed by atoms with van der Waals surface area (Å²) in [5.74, 6) is -0.761. The number of rotatable bonds is 7. The number of nitro groups is 1. The van der Waals surface area contributed by atoms with Crippen molar-refractivity contribution in [3.05, 3.63) is 69.2 Å². The number of hydrogen-bond acceptors (Lipinski definition) is 5. The minimum absolute atomic E-state index is 0.00614. The molecule has 26 heavy (non-hydrogen) atoms. The van der Waals surface area contributed by atoms with Gasteiger partial charge in [-0.15, -0.1) is 0 Å².